The van der Waals surface area contributed by atoms with E-state index >= 15 is 0 Å². The smallest absolute Gasteiger partial charge is 0.328 e. The fourth-order valence-corrected chi connectivity index (χ4v) is 1.93. The van der Waals surface area contributed by atoms with Crippen LogP contribution in [0.4, 0.5) is 4.39 Å². The van der Waals surface area contributed by atoms with Crippen molar-refractivity contribution in [3.8, 4) is 5.75 Å². The van der Waals surface area contributed by atoms with Gasteiger partial charge in [-0.3, -0.25) is 0 Å². The highest BCUT2D eigenvalue weighted by Crippen LogP contribution is 2.19. The summed E-state index contributed by atoms with van der Waals surface area (Å²) in [5, 5.41) is 11.1. The number of nitrogens with zero attached hydrogens (tertiary/aromatic N) is 1. The molecular formula is C13H10FNO3S. The Morgan fingerprint density at radius 1 is 1.47 bits per heavy atom. The highest BCUT2D eigenvalue weighted by atomic mass is 32.1. The van der Waals surface area contributed by atoms with Crippen LogP contribution in [0.15, 0.2) is 35.9 Å². The lowest BCUT2D eigenvalue weighted by Gasteiger charge is -2.05. The third kappa shape index (κ3) is 4.18. The van der Waals surface area contributed by atoms with E-state index < -0.39 is 11.8 Å². The van der Waals surface area contributed by atoms with Crippen LogP contribution in [0, 0.1) is 5.82 Å². The molecule has 1 heterocycles. The van der Waals surface area contributed by atoms with Crippen molar-refractivity contribution < 1.29 is 19.0 Å². The van der Waals surface area contributed by atoms with Gasteiger partial charge in [0.2, 0.25) is 0 Å². The Bertz CT molecular complexity index is 596. The monoisotopic (exact) mass is 279 g/mol. The quantitative estimate of drug-likeness (QED) is 0.855. The van der Waals surface area contributed by atoms with E-state index in [9.17, 15) is 9.18 Å². The molecule has 19 heavy (non-hydrogen) atoms. The van der Waals surface area contributed by atoms with Crippen LogP contribution in [0.5, 0.6) is 5.75 Å². The zero-order valence-corrected chi connectivity index (χ0v) is 10.6. The zero-order valence-electron chi connectivity index (χ0n) is 9.75. The summed E-state index contributed by atoms with van der Waals surface area (Å²) in [6.45, 7) is 0.253. The van der Waals surface area contributed by atoms with Crippen LogP contribution in [0.2, 0.25) is 0 Å². The Labute approximate surface area is 112 Å². The molecule has 0 spiro atoms. The molecule has 2 aromatic rings. The molecule has 0 saturated heterocycles. The van der Waals surface area contributed by atoms with Crippen molar-refractivity contribution in [1.29, 1.82) is 0 Å². The van der Waals surface area contributed by atoms with E-state index in [1.165, 1.54) is 29.5 Å². The lowest BCUT2D eigenvalue weighted by Crippen LogP contribution is -1.95. The molecule has 0 bridgehead atoms. The molecule has 0 saturated carbocycles. The molecule has 1 aromatic heterocycles. The highest BCUT2D eigenvalue weighted by molar-refractivity contribution is 7.09. The minimum Gasteiger partial charge on any atom is -0.486 e. The minimum atomic E-state index is -1.09. The Kier molecular flexibility index (Phi) is 4.25. The number of carbonyl (C=O) groups is 1. The van der Waals surface area contributed by atoms with Gasteiger partial charge in [-0.05, 0) is 23.8 Å². The normalized spacial score (nSPS) is 10.8. The first-order chi connectivity index (χ1) is 9.13. The fourth-order valence-electron chi connectivity index (χ4n) is 1.40. The first-order valence-corrected chi connectivity index (χ1v) is 6.24. The number of ether oxygens (including phenoxy) is 1. The van der Waals surface area contributed by atoms with Crippen molar-refractivity contribution in [2.45, 2.75) is 6.61 Å². The summed E-state index contributed by atoms with van der Waals surface area (Å²) in [5.41, 5.74) is 0.427. The number of hydrogen-bond acceptors (Lipinski definition) is 4. The van der Waals surface area contributed by atoms with Gasteiger partial charge in [-0.15, -0.1) is 11.3 Å². The van der Waals surface area contributed by atoms with Crippen LogP contribution in [-0.2, 0) is 11.4 Å². The fraction of sp³-hybridized carbons (Fsp3) is 0.0769. The molecule has 0 aliphatic rings. The van der Waals surface area contributed by atoms with Crippen molar-refractivity contribution in [2.75, 3.05) is 0 Å². The third-order valence-electron chi connectivity index (χ3n) is 2.16. The molecule has 1 aromatic carbocycles. The standard InChI is InChI=1S/C13H10FNO3S/c14-10-5-9(1-2-13(16)17)6-11(7-10)18-8-12-15-3-4-19-12/h1-7H,8H2,(H,16,17)/b2-1+. The maximum atomic E-state index is 13.3. The lowest BCUT2D eigenvalue weighted by atomic mass is 10.2. The Hall–Kier alpha value is -2.21. The number of aromatic nitrogens is 1. The third-order valence-corrected chi connectivity index (χ3v) is 2.91. The topological polar surface area (TPSA) is 59.4 Å². The van der Waals surface area contributed by atoms with Gasteiger partial charge < -0.3 is 9.84 Å². The average molecular weight is 279 g/mol. The Morgan fingerprint density at radius 3 is 3.00 bits per heavy atom. The van der Waals surface area contributed by atoms with Gasteiger partial charge in [0.1, 0.15) is 23.2 Å². The van der Waals surface area contributed by atoms with E-state index in [1.54, 1.807) is 12.3 Å². The summed E-state index contributed by atoms with van der Waals surface area (Å²) in [7, 11) is 0. The van der Waals surface area contributed by atoms with E-state index in [-0.39, 0.29) is 6.61 Å². The van der Waals surface area contributed by atoms with Gasteiger partial charge in [-0.1, -0.05) is 0 Å². The number of rotatable bonds is 5. The number of carboxylic acids is 1. The predicted molar refractivity (Wildman–Crippen MR) is 69.5 cm³/mol. The maximum absolute atomic E-state index is 13.3. The number of carboxylic acid groups (broad SMARTS) is 1. The Morgan fingerprint density at radius 2 is 2.32 bits per heavy atom. The molecule has 0 atom stereocenters. The second kappa shape index (κ2) is 6.10. The number of benzene rings is 1. The zero-order chi connectivity index (χ0) is 13.7. The van der Waals surface area contributed by atoms with Crippen LogP contribution in [0.25, 0.3) is 6.08 Å². The highest BCUT2D eigenvalue weighted by Gasteiger charge is 2.02. The van der Waals surface area contributed by atoms with Crippen LogP contribution < -0.4 is 4.74 Å². The van der Waals surface area contributed by atoms with Gasteiger partial charge in [0.25, 0.3) is 0 Å². The molecule has 0 aliphatic heterocycles. The van der Waals surface area contributed by atoms with E-state index in [0.29, 0.717) is 11.3 Å². The molecule has 0 aliphatic carbocycles. The molecule has 1 N–H and O–H groups in total. The molecule has 98 valence electrons. The summed E-state index contributed by atoms with van der Waals surface area (Å²) in [5.74, 6) is -1.24. The second-order valence-electron chi connectivity index (χ2n) is 3.61. The van der Waals surface area contributed by atoms with Crippen molar-refractivity contribution in [3.63, 3.8) is 0 Å². The number of aliphatic carboxylic acids is 1. The van der Waals surface area contributed by atoms with Gasteiger partial charge >= 0.3 is 5.97 Å². The SMILES string of the molecule is O=C(O)/C=C/c1cc(F)cc(OCc2nccs2)c1. The summed E-state index contributed by atoms with van der Waals surface area (Å²) < 4.78 is 18.7. The van der Waals surface area contributed by atoms with E-state index in [2.05, 4.69) is 4.98 Å². The van der Waals surface area contributed by atoms with Gasteiger partial charge in [0.05, 0.1) is 0 Å². The van der Waals surface area contributed by atoms with Crippen LogP contribution in [0.3, 0.4) is 0 Å². The average Bonchev–Trinajstić information content (AvgIpc) is 2.86. The van der Waals surface area contributed by atoms with Crippen molar-refractivity contribution in [1.82, 2.24) is 4.98 Å². The Balaban J connectivity index is 2.10. The largest absolute Gasteiger partial charge is 0.486 e. The first kappa shape index (κ1) is 13.2. The molecule has 0 radical (unpaired) electrons. The van der Waals surface area contributed by atoms with Crippen LogP contribution >= 0.6 is 11.3 Å². The number of thiazole rings is 1. The lowest BCUT2D eigenvalue weighted by molar-refractivity contribution is -0.131. The summed E-state index contributed by atoms with van der Waals surface area (Å²) in [4.78, 5) is 14.4. The summed E-state index contributed by atoms with van der Waals surface area (Å²) in [6, 6.07) is 4.04. The number of hydrogen-bond donors (Lipinski definition) is 1. The number of halogens is 1. The van der Waals surface area contributed by atoms with Crippen molar-refractivity contribution in [3.05, 3.63) is 52.2 Å². The molecule has 0 amide bonds. The molecular weight excluding hydrogens is 269 g/mol. The van der Waals surface area contributed by atoms with E-state index in [1.807, 2.05) is 5.38 Å². The summed E-state index contributed by atoms with van der Waals surface area (Å²) >= 11 is 1.44. The molecule has 0 fully saturated rings. The van der Waals surface area contributed by atoms with Crippen molar-refractivity contribution in [2.24, 2.45) is 0 Å². The van der Waals surface area contributed by atoms with Crippen LogP contribution in [0.1, 0.15) is 10.6 Å². The second-order valence-corrected chi connectivity index (χ2v) is 4.59. The van der Waals surface area contributed by atoms with Gasteiger partial charge in [0, 0.05) is 23.7 Å². The van der Waals surface area contributed by atoms with Gasteiger partial charge in [0.15, 0.2) is 0 Å². The summed E-state index contributed by atoms with van der Waals surface area (Å²) in [6.07, 6.45) is 3.91. The predicted octanol–water partition coefficient (Wildman–Crippen LogP) is 2.96. The molecule has 0 unspecified atom stereocenters. The van der Waals surface area contributed by atoms with E-state index in [4.69, 9.17) is 9.84 Å². The van der Waals surface area contributed by atoms with E-state index in [0.717, 1.165) is 11.1 Å². The molecule has 2 rings (SSSR count). The van der Waals surface area contributed by atoms with Gasteiger partial charge in [-0.2, -0.15) is 0 Å². The molecule has 6 heteroatoms. The maximum Gasteiger partial charge on any atom is 0.328 e. The minimum absolute atomic E-state index is 0.253. The van der Waals surface area contributed by atoms with Crippen molar-refractivity contribution >= 4 is 23.4 Å². The molecule has 4 nitrogen and oxygen atoms in total. The van der Waals surface area contributed by atoms with Gasteiger partial charge in [-0.25, -0.2) is 14.2 Å². The first-order valence-electron chi connectivity index (χ1n) is 5.36. The van der Waals surface area contributed by atoms with Crippen LogP contribution in [-0.4, -0.2) is 16.1 Å².